The summed E-state index contributed by atoms with van der Waals surface area (Å²) in [4.78, 5) is 25.2. The van der Waals surface area contributed by atoms with Crippen molar-refractivity contribution in [3.05, 3.63) is 17.5 Å². The van der Waals surface area contributed by atoms with E-state index in [-0.39, 0.29) is 29.2 Å². The summed E-state index contributed by atoms with van der Waals surface area (Å²) in [6.45, 7) is 7.59. The molecule has 0 aliphatic rings. The molecule has 0 saturated carbocycles. The quantitative estimate of drug-likeness (QED) is 0.879. The van der Waals surface area contributed by atoms with Gasteiger partial charge in [-0.2, -0.15) is 5.10 Å². The van der Waals surface area contributed by atoms with E-state index in [1.807, 2.05) is 27.7 Å². The van der Waals surface area contributed by atoms with E-state index in [4.69, 9.17) is 5.11 Å². The Balaban J connectivity index is 3.25. The van der Waals surface area contributed by atoms with Crippen LogP contribution in [0, 0.1) is 0 Å². The van der Waals surface area contributed by atoms with Gasteiger partial charge in [0.25, 0.3) is 5.91 Å². The lowest BCUT2D eigenvalue weighted by atomic mass is 10.1. The van der Waals surface area contributed by atoms with Crippen LogP contribution < -0.4 is 0 Å². The minimum Gasteiger partial charge on any atom is -0.478 e. The summed E-state index contributed by atoms with van der Waals surface area (Å²) < 4.78 is 1.31. The van der Waals surface area contributed by atoms with Gasteiger partial charge in [0.2, 0.25) is 0 Å². The van der Waals surface area contributed by atoms with Gasteiger partial charge in [-0.3, -0.25) is 9.48 Å². The van der Waals surface area contributed by atoms with Crippen LogP contribution in [0.3, 0.4) is 0 Å². The second kappa shape index (κ2) is 5.20. The minimum absolute atomic E-state index is 0.00551. The van der Waals surface area contributed by atoms with Crippen LogP contribution in [0.2, 0.25) is 0 Å². The van der Waals surface area contributed by atoms with Gasteiger partial charge in [-0.25, -0.2) is 4.79 Å². The van der Waals surface area contributed by atoms with Gasteiger partial charge >= 0.3 is 5.97 Å². The van der Waals surface area contributed by atoms with Crippen LogP contribution in [0.4, 0.5) is 0 Å². The predicted octanol–water partition coefficient (Wildman–Crippen LogP) is 1.38. The molecular weight excluding hydrogens is 234 g/mol. The predicted molar refractivity (Wildman–Crippen MR) is 66.6 cm³/mol. The van der Waals surface area contributed by atoms with Gasteiger partial charge in [0.05, 0.1) is 6.20 Å². The fraction of sp³-hybridized carbons (Fsp3) is 0.583. The smallest absolute Gasteiger partial charge is 0.339 e. The van der Waals surface area contributed by atoms with Gasteiger partial charge in [-0.15, -0.1) is 0 Å². The minimum atomic E-state index is -1.14. The van der Waals surface area contributed by atoms with Crippen LogP contribution >= 0.6 is 0 Å². The molecule has 100 valence electrons. The van der Waals surface area contributed by atoms with E-state index in [1.54, 1.807) is 11.9 Å². The Labute approximate surface area is 106 Å². The summed E-state index contributed by atoms with van der Waals surface area (Å²) in [5, 5.41) is 12.9. The molecule has 6 heteroatoms. The van der Waals surface area contributed by atoms with Crippen molar-refractivity contribution in [3.8, 4) is 0 Å². The Morgan fingerprint density at radius 1 is 1.28 bits per heavy atom. The fourth-order valence-corrected chi connectivity index (χ4v) is 2.04. The molecule has 0 atom stereocenters. The lowest BCUT2D eigenvalue weighted by Gasteiger charge is -2.30. The van der Waals surface area contributed by atoms with Crippen LogP contribution in [0.25, 0.3) is 0 Å². The fourth-order valence-electron chi connectivity index (χ4n) is 2.04. The van der Waals surface area contributed by atoms with Gasteiger partial charge in [-0.1, -0.05) is 0 Å². The number of carboxylic acids is 1. The zero-order chi connectivity index (χ0) is 14.0. The second-order valence-corrected chi connectivity index (χ2v) is 4.74. The molecule has 0 unspecified atom stereocenters. The van der Waals surface area contributed by atoms with Crippen molar-refractivity contribution in [2.45, 2.75) is 39.8 Å². The molecule has 1 amide bonds. The summed E-state index contributed by atoms with van der Waals surface area (Å²) in [7, 11) is 1.57. The summed E-state index contributed by atoms with van der Waals surface area (Å²) in [6.07, 6.45) is 1.20. The van der Waals surface area contributed by atoms with E-state index in [0.29, 0.717) is 0 Å². The second-order valence-electron chi connectivity index (χ2n) is 4.74. The Bertz CT molecular complexity index is 455. The molecule has 0 bridgehead atoms. The highest BCUT2D eigenvalue weighted by molar-refractivity contribution is 6.03. The number of hydrogen-bond acceptors (Lipinski definition) is 3. The number of rotatable bonds is 4. The standard InChI is InChI=1S/C12H19N3O3/c1-7(2)15(8(3)4)11(16)10-9(12(17)18)6-13-14(10)5/h6-8H,1-5H3,(H,17,18). The molecule has 0 aliphatic carbocycles. The zero-order valence-corrected chi connectivity index (χ0v) is 11.3. The van der Waals surface area contributed by atoms with E-state index >= 15 is 0 Å². The number of amides is 1. The SMILES string of the molecule is CC(C)N(C(=O)c1c(C(=O)O)cnn1C)C(C)C. The Morgan fingerprint density at radius 2 is 1.78 bits per heavy atom. The molecule has 1 heterocycles. The van der Waals surface area contributed by atoms with Gasteiger partial charge in [-0.05, 0) is 27.7 Å². The zero-order valence-electron chi connectivity index (χ0n) is 11.3. The van der Waals surface area contributed by atoms with Crippen LogP contribution in [0.15, 0.2) is 6.20 Å². The molecule has 18 heavy (non-hydrogen) atoms. The van der Waals surface area contributed by atoms with Crippen molar-refractivity contribution in [3.63, 3.8) is 0 Å². The number of carbonyl (C=O) groups excluding carboxylic acids is 1. The number of aromatic nitrogens is 2. The highest BCUT2D eigenvalue weighted by Crippen LogP contribution is 2.15. The molecule has 1 N–H and O–H groups in total. The molecular formula is C12H19N3O3. The maximum atomic E-state index is 12.4. The number of aryl methyl sites for hydroxylation is 1. The molecule has 6 nitrogen and oxygen atoms in total. The first-order chi connectivity index (χ1) is 8.27. The van der Waals surface area contributed by atoms with Crippen molar-refractivity contribution >= 4 is 11.9 Å². The van der Waals surface area contributed by atoms with Crippen molar-refractivity contribution in [1.29, 1.82) is 0 Å². The number of nitrogens with zero attached hydrogens (tertiary/aromatic N) is 3. The third-order valence-electron chi connectivity index (χ3n) is 2.72. The molecule has 1 rings (SSSR count). The summed E-state index contributed by atoms with van der Waals surface area (Å²) >= 11 is 0. The summed E-state index contributed by atoms with van der Waals surface area (Å²) in [6, 6.07) is -0.0110. The van der Waals surface area contributed by atoms with E-state index in [0.717, 1.165) is 0 Å². The molecule has 1 aromatic rings. The number of hydrogen-bond donors (Lipinski definition) is 1. The van der Waals surface area contributed by atoms with Crippen LogP contribution in [0.5, 0.6) is 0 Å². The Kier molecular flexibility index (Phi) is 4.11. The monoisotopic (exact) mass is 253 g/mol. The first-order valence-corrected chi connectivity index (χ1v) is 5.85. The normalized spacial score (nSPS) is 11.1. The number of carboxylic acid groups (broad SMARTS) is 1. The largest absolute Gasteiger partial charge is 0.478 e. The Morgan fingerprint density at radius 3 is 2.17 bits per heavy atom. The summed E-state index contributed by atoms with van der Waals surface area (Å²) in [5.74, 6) is -1.45. The Hall–Kier alpha value is -1.85. The molecule has 0 saturated heterocycles. The maximum Gasteiger partial charge on any atom is 0.339 e. The average Bonchev–Trinajstić information content (AvgIpc) is 2.58. The van der Waals surface area contributed by atoms with Crippen molar-refractivity contribution in [2.75, 3.05) is 0 Å². The van der Waals surface area contributed by atoms with Crippen LogP contribution in [0.1, 0.15) is 48.5 Å². The van der Waals surface area contributed by atoms with E-state index < -0.39 is 5.97 Å². The molecule has 0 aliphatic heterocycles. The number of carbonyl (C=O) groups is 2. The molecule has 0 aromatic carbocycles. The summed E-state index contributed by atoms with van der Waals surface area (Å²) in [5.41, 5.74) is 0.0544. The van der Waals surface area contributed by atoms with E-state index in [2.05, 4.69) is 5.10 Å². The highest BCUT2D eigenvalue weighted by atomic mass is 16.4. The first kappa shape index (κ1) is 14.2. The van der Waals surface area contributed by atoms with Crippen LogP contribution in [-0.4, -0.2) is 43.7 Å². The van der Waals surface area contributed by atoms with E-state index in [1.165, 1.54) is 10.9 Å². The van der Waals surface area contributed by atoms with Gasteiger partial charge in [0.15, 0.2) is 0 Å². The molecule has 0 radical (unpaired) electrons. The van der Waals surface area contributed by atoms with Gasteiger partial charge in [0.1, 0.15) is 11.3 Å². The van der Waals surface area contributed by atoms with Gasteiger partial charge < -0.3 is 10.0 Å². The van der Waals surface area contributed by atoms with Gasteiger partial charge in [0, 0.05) is 19.1 Å². The lowest BCUT2D eigenvalue weighted by Crippen LogP contribution is -2.43. The molecule has 0 spiro atoms. The first-order valence-electron chi connectivity index (χ1n) is 5.85. The number of aromatic carboxylic acids is 1. The molecule has 0 fully saturated rings. The van der Waals surface area contributed by atoms with Crippen LogP contribution in [-0.2, 0) is 7.05 Å². The van der Waals surface area contributed by atoms with Crippen molar-refractivity contribution in [1.82, 2.24) is 14.7 Å². The third-order valence-corrected chi connectivity index (χ3v) is 2.72. The third kappa shape index (κ3) is 2.52. The molecule has 1 aromatic heterocycles. The highest BCUT2D eigenvalue weighted by Gasteiger charge is 2.28. The maximum absolute atomic E-state index is 12.4. The van der Waals surface area contributed by atoms with E-state index in [9.17, 15) is 9.59 Å². The van der Waals surface area contributed by atoms with Crippen molar-refractivity contribution < 1.29 is 14.7 Å². The average molecular weight is 253 g/mol. The topological polar surface area (TPSA) is 75.4 Å². The van der Waals surface area contributed by atoms with Crippen molar-refractivity contribution in [2.24, 2.45) is 7.05 Å². The lowest BCUT2D eigenvalue weighted by molar-refractivity contribution is 0.0609.